The van der Waals surface area contributed by atoms with E-state index in [0.717, 1.165) is 6.42 Å². The summed E-state index contributed by atoms with van der Waals surface area (Å²) >= 11 is 1.95. The number of hydrogen-bond acceptors (Lipinski definition) is 1. The molecule has 0 unspecified atom stereocenters. The summed E-state index contributed by atoms with van der Waals surface area (Å²) in [5.41, 5.74) is 17.8. The monoisotopic (exact) mass is 641 g/mol. The van der Waals surface area contributed by atoms with Gasteiger partial charge in [0.25, 0.3) is 0 Å². The molecular weight excluding hydrogens is 586 g/mol. The molecule has 1 heterocycles. The third-order valence-corrected chi connectivity index (χ3v) is 10.6. The minimum Gasteiger partial charge on any atom is -1.00 e. The molecular formula is C42H56ClNS. The lowest BCUT2D eigenvalue weighted by molar-refractivity contribution is -0.598. The summed E-state index contributed by atoms with van der Waals surface area (Å²) in [6.07, 6.45) is 4.91. The summed E-state index contributed by atoms with van der Waals surface area (Å²) in [6.45, 7) is 30.5. The Kier molecular flexibility index (Phi) is 9.69. The van der Waals surface area contributed by atoms with Gasteiger partial charge in [-0.05, 0) is 92.9 Å². The van der Waals surface area contributed by atoms with Crippen LogP contribution in [0.4, 0.5) is 0 Å². The predicted molar refractivity (Wildman–Crippen MR) is 193 cm³/mol. The van der Waals surface area contributed by atoms with E-state index in [0.29, 0.717) is 0 Å². The topological polar surface area (TPSA) is 3.88 Å². The van der Waals surface area contributed by atoms with Crippen LogP contribution in [0.3, 0.4) is 0 Å². The van der Waals surface area contributed by atoms with Crippen molar-refractivity contribution in [1.82, 2.24) is 0 Å². The standard InChI is InChI=1S/C42H56NS.ClH/c1-27-18-19-34(28-20-30(39(2,3)4)24-31(21-28)40(5,6)7)38(43-26-44-36-17-15-14-16-35(36)43)37(27)29-22-32(41(8,9)10)25-33(23-29)42(11,12)13;/h18-26H,14-17H2,1-13H3;1H/q+1;/p-1. The normalized spacial score (nSPS) is 14.2. The lowest BCUT2D eigenvalue weighted by atomic mass is 9.77. The van der Waals surface area contributed by atoms with Crippen LogP contribution < -0.4 is 17.0 Å². The lowest BCUT2D eigenvalue weighted by Crippen LogP contribution is -3.00. The molecule has 0 aliphatic heterocycles. The van der Waals surface area contributed by atoms with Crippen LogP contribution in [-0.4, -0.2) is 0 Å². The fraction of sp³-hybridized carbons (Fsp3) is 0.500. The molecule has 0 amide bonds. The zero-order valence-corrected chi connectivity index (χ0v) is 31.8. The molecule has 4 aromatic rings. The highest BCUT2D eigenvalue weighted by Crippen LogP contribution is 2.42. The molecule has 0 N–H and O–H groups in total. The van der Waals surface area contributed by atoms with E-state index in [2.05, 4.69) is 149 Å². The molecule has 0 spiro atoms. The van der Waals surface area contributed by atoms with Gasteiger partial charge < -0.3 is 12.4 Å². The summed E-state index contributed by atoms with van der Waals surface area (Å²) in [6, 6.07) is 19.6. The number of halogens is 1. The Labute approximate surface area is 284 Å². The molecule has 0 radical (unpaired) electrons. The first-order chi connectivity index (χ1) is 20.2. The van der Waals surface area contributed by atoms with E-state index < -0.39 is 0 Å². The molecule has 45 heavy (non-hydrogen) atoms. The predicted octanol–water partition coefficient (Wildman–Crippen LogP) is 8.74. The van der Waals surface area contributed by atoms with Crippen LogP contribution in [-0.2, 0) is 34.5 Å². The summed E-state index contributed by atoms with van der Waals surface area (Å²) in [4.78, 5) is 1.56. The second kappa shape index (κ2) is 12.3. The molecule has 0 saturated heterocycles. The maximum Gasteiger partial charge on any atom is 0.231 e. The van der Waals surface area contributed by atoms with Crippen LogP contribution in [0.5, 0.6) is 0 Å². The fourth-order valence-corrected chi connectivity index (χ4v) is 7.50. The number of aromatic nitrogens is 1. The minimum atomic E-state index is 0. The third-order valence-electron chi connectivity index (χ3n) is 9.54. The van der Waals surface area contributed by atoms with Gasteiger partial charge in [-0.25, -0.2) is 0 Å². The summed E-state index contributed by atoms with van der Waals surface area (Å²) in [5.74, 6) is 0. The van der Waals surface area contributed by atoms with Crippen molar-refractivity contribution in [2.75, 3.05) is 0 Å². The minimum absolute atomic E-state index is 0. The van der Waals surface area contributed by atoms with Crippen molar-refractivity contribution >= 4 is 11.3 Å². The largest absolute Gasteiger partial charge is 1.00 e. The fourth-order valence-electron chi connectivity index (χ4n) is 6.44. The van der Waals surface area contributed by atoms with E-state index in [4.69, 9.17) is 0 Å². The molecule has 1 aromatic heterocycles. The SMILES string of the molecule is Cc1ccc(-c2cc(C(C)(C)C)cc(C(C)(C)C)c2)c(-[n+]2csc3c2CCCC3)c1-c1cc(C(C)(C)C)cc(C(C)(C)C)c1.[Cl-]. The zero-order valence-electron chi connectivity index (χ0n) is 30.3. The summed E-state index contributed by atoms with van der Waals surface area (Å²) < 4.78 is 2.60. The van der Waals surface area contributed by atoms with Gasteiger partial charge in [-0.1, -0.05) is 137 Å². The van der Waals surface area contributed by atoms with Crippen molar-refractivity contribution in [2.45, 2.75) is 137 Å². The molecule has 0 saturated carbocycles. The number of thiazole rings is 1. The second-order valence-electron chi connectivity index (χ2n) is 17.4. The molecule has 0 atom stereocenters. The Hall–Kier alpha value is -2.42. The maximum atomic E-state index is 2.60. The van der Waals surface area contributed by atoms with Crippen molar-refractivity contribution < 1.29 is 17.0 Å². The number of nitrogens with zero attached hydrogens (tertiary/aromatic N) is 1. The maximum absolute atomic E-state index is 2.60. The van der Waals surface area contributed by atoms with Crippen LogP contribution >= 0.6 is 11.3 Å². The van der Waals surface area contributed by atoms with Gasteiger partial charge in [0.1, 0.15) is 0 Å². The van der Waals surface area contributed by atoms with Crippen molar-refractivity contribution in [2.24, 2.45) is 0 Å². The Balaban J connectivity index is 0.00000461. The van der Waals surface area contributed by atoms with Crippen LogP contribution in [0.1, 0.15) is 134 Å². The van der Waals surface area contributed by atoms with Crippen molar-refractivity contribution in [3.8, 4) is 27.9 Å². The summed E-state index contributed by atoms with van der Waals surface area (Å²) in [7, 11) is 0. The number of rotatable bonds is 3. The Morgan fingerprint density at radius 3 is 1.49 bits per heavy atom. The Bertz CT molecular complexity index is 1630. The van der Waals surface area contributed by atoms with Gasteiger partial charge in [0, 0.05) is 6.42 Å². The third kappa shape index (κ3) is 7.28. The first-order valence-corrected chi connectivity index (χ1v) is 17.6. The van der Waals surface area contributed by atoms with E-state index in [1.807, 2.05) is 11.3 Å². The molecule has 0 bridgehead atoms. The van der Waals surface area contributed by atoms with Gasteiger partial charge in [0.05, 0.1) is 16.0 Å². The molecule has 242 valence electrons. The van der Waals surface area contributed by atoms with E-state index in [9.17, 15) is 0 Å². The number of fused-ring (bicyclic) bond motifs is 1. The van der Waals surface area contributed by atoms with Crippen LogP contribution in [0.15, 0.2) is 54.0 Å². The molecule has 5 rings (SSSR count). The zero-order chi connectivity index (χ0) is 32.4. The highest BCUT2D eigenvalue weighted by molar-refractivity contribution is 7.09. The van der Waals surface area contributed by atoms with Gasteiger partial charge in [0.15, 0.2) is 0 Å². The van der Waals surface area contributed by atoms with Gasteiger partial charge in [-0.2, -0.15) is 4.57 Å². The van der Waals surface area contributed by atoms with Crippen molar-refractivity contribution in [1.29, 1.82) is 0 Å². The van der Waals surface area contributed by atoms with Crippen LogP contribution in [0.2, 0.25) is 0 Å². The van der Waals surface area contributed by atoms with Gasteiger partial charge in [0.2, 0.25) is 16.9 Å². The number of hydrogen-bond donors (Lipinski definition) is 0. The number of aryl methyl sites for hydroxylation is 2. The second-order valence-corrected chi connectivity index (χ2v) is 18.4. The first-order valence-electron chi connectivity index (χ1n) is 16.7. The highest BCUT2D eigenvalue weighted by Gasteiger charge is 2.32. The number of benzene rings is 3. The van der Waals surface area contributed by atoms with E-state index in [1.165, 1.54) is 80.7 Å². The molecule has 1 aliphatic rings. The highest BCUT2D eigenvalue weighted by atomic mass is 35.5. The van der Waals surface area contributed by atoms with Crippen LogP contribution in [0.25, 0.3) is 27.9 Å². The van der Waals surface area contributed by atoms with Gasteiger partial charge in [-0.15, -0.1) is 0 Å². The Morgan fingerprint density at radius 2 is 1.02 bits per heavy atom. The first kappa shape index (κ1) is 35.4. The molecule has 3 heteroatoms. The van der Waals surface area contributed by atoms with Gasteiger partial charge >= 0.3 is 0 Å². The molecule has 3 aromatic carbocycles. The average molecular weight is 642 g/mol. The average Bonchev–Trinajstić information content (AvgIpc) is 3.34. The molecule has 0 fully saturated rings. The Morgan fingerprint density at radius 1 is 0.578 bits per heavy atom. The van der Waals surface area contributed by atoms with Crippen LogP contribution in [0, 0.1) is 6.92 Å². The van der Waals surface area contributed by atoms with E-state index in [1.54, 1.807) is 4.88 Å². The lowest BCUT2D eigenvalue weighted by Gasteiger charge is -2.27. The van der Waals surface area contributed by atoms with Crippen molar-refractivity contribution in [3.63, 3.8) is 0 Å². The van der Waals surface area contributed by atoms with Gasteiger partial charge in [-0.3, -0.25) is 0 Å². The smallest absolute Gasteiger partial charge is 0.231 e. The molecule has 1 nitrogen and oxygen atoms in total. The molecule has 1 aliphatic carbocycles. The van der Waals surface area contributed by atoms with Crippen molar-refractivity contribution in [3.05, 3.63) is 92.4 Å². The summed E-state index contributed by atoms with van der Waals surface area (Å²) in [5, 5.41) is 0. The van der Waals surface area contributed by atoms with E-state index in [-0.39, 0.29) is 34.1 Å². The quantitative estimate of drug-likeness (QED) is 0.197. The van der Waals surface area contributed by atoms with E-state index >= 15 is 0 Å².